The molecule has 1 atom stereocenters. The maximum Gasteiger partial charge on any atom is 0.460 e. The molecule has 82 heavy (non-hydrogen) atoms. The fraction of sp³-hybridized carbons (Fsp3) is 0.838. The number of alkyl halides is 42. The Kier molecular flexibility index (Phi) is 18.9. The molecule has 0 radical (unpaired) electrons. The van der Waals surface area contributed by atoms with Crippen LogP contribution in [0.15, 0.2) is 23.1 Å². The minimum absolute atomic E-state index is 0.0670. The fourth-order valence-electron chi connectivity index (χ4n) is 7.37. The number of benzene rings is 1. The van der Waals surface area contributed by atoms with Crippen LogP contribution in [-0.4, -0.2) is 145 Å². The second-order valence-corrected chi connectivity index (χ2v) is 23.5. The Balaban J connectivity index is 2.88. The van der Waals surface area contributed by atoms with Crippen molar-refractivity contribution in [1.29, 1.82) is 0 Å². The lowest BCUT2D eigenvalue weighted by Crippen LogP contribution is -2.76. The van der Waals surface area contributed by atoms with Gasteiger partial charge in [-0.15, -0.1) is 12.6 Å². The Labute approximate surface area is 433 Å². The van der Waals surface area contributed by atoms with Crippen molar-refractivity contribution in [3.63, 3.8) is 0 Å². The summed E-state index contributed by atoms with van der Waals surface area (Å²) in [7, 11) is -5.91. The summed E-state index contributed by atoms with van der Waals surface area (Å²) in [6.07, 6.45) is -23.3. The summed E-state index contributed by atoms with van der Waals surface area (Å²) in [5.41, 5.74) is -0.158. The van der Waals surface area contributed by atoms with Crippen molar-refractivity contribution >= 4 is 25.9 Å². The van der Waals surface area contributed by atoms with E-state index in [0.29, 0.717) is 31.0 Å². The molecule has 1 saturated heterocycles. The van der Waals surface area contributed by atoms with Crippen molar-refractivity contribution in [1.82, 2.24) is 4.90 Å². The molecular formula is C37H27F42NSSi. The number of halogens is 42. The van der Waals surface area contributed by atoms with Gasteiger partial charge in [0.05, 0.1) is 8.07 Å². The maximum absolute atomic E-state index is 15.3. The molecule has 1 fully saturated rings. The van der Waals surface area contributed by atoms with Crippen LogP contribution in [0.3, 0.4) is 0 Å². The summed E-state index contributed by atoms with van der Waals surface area (Å²) in [4.78, 5) is 0.871. The number of hydrogen-bond acceptors (Lipinski definition) is 2. The first kappa shape index (κ1) is 74.9. The number of thiol groups is 1. The monoisotopic (exact) mass is 1340 g/mol. The van der Waals surface area contributed by atoms with Crippen LogP contribution in [0.25, 0.3) is 0 Å². The minimum atomic E-state index is -9.69. The molecule has 0 amide bonds. The third-order valence-corrected chi connectivity index (χ3v) is 17.8. The first-order chi connectivity index (χ1) is 35.3. The molecule has 484 valence electrons. The van der Waals surface area contributed by atoms with Crippen molar-refractivity contribution in [3.05, 3.63) is 23.8 Å². The van der Waals surface area contributed by atoms with Crippen LogP contribution in [0, 0.1) is 0 Å². The van der Waals surface area contributed by atoms with Gasteiger partial charge in [-0.05, 0) is 56.6 Å². The average molecular weight is 1340 g/mol. The number of hydrogen-bond donors (Lipinski definition) is 1. The van der Waals surface area contributed by atoms with Crippen LogP contribution in [0.2, 0.25) is 18.6 Å². The van der Waals surface area contributed by atoms with Crippen molar-refractivity contribution in [2.45, 2.75) is 181 Å². The van der Waals surface area contributed by atoms with Gasteiger partial charge < -0.3 is 0 Å². The molecular weight excluding hydrogens is 1320 g/mol. The predicted molar refractivity (Wildman–Crippen MR) is 194 cm³/mol. The second-order valence-electron chi connectivity index (χ2n) is 18.3. The first-order valence-corrected chi connectivity index (χ1v) is 24.2. The molecule has 0 unspecified atom stereocenters. The molecule has 1 heterocycles. The Bertz CT molecular complexity index is 2290. The Morgan fingerprint density at radius 3 is 0.805 bits per heavy atom. The highest BCUT2D eigenvalue weighted by Gasteiger charge is 3.00. The minimum Gasteiger partial charge on any atom is -0.297 e. The average Bonchev–Trinajstić information content (AvgIpc) is 3.84. The van der Waals surface area contributed by atoms with E-state index in [-0.39, 0.29) is 25.2 Å². The largest absolute Gasteiger partial charge is 0.460 e. The molecule has 0 saturated carbocycles. The number of rotatable bonds is 25. The van der Waals surface area contributed by atoms with E-state index in [0.717, 1.165) is 0 Å². The molecule has 1 aromatic rings. The third kappa shape index (κ3) is 10.3. The van der Waals surface area contributed by atoms with Gasteiger partial charge in [0.1, 0.15) is 0 Å². The molecule has 1 aliphatic heterocycles. The number of likely N-dealkylation sites (tertiary alicyclic amines) is 1. The predicted octanol–water partition coefficient (Wildman–Crippen LogP) is 17.8. The Hall–Kier alpha value is -3.19. The quantitative estimate of drug-likeness (QED) is 0.0580. The zero-order chi connectivity index (χ0) is 66.2. The summed E-state index contributed by atoms with van der Waals surface area (Å²) in [6.45, 7) is 1.60. The first-order valence-electron chi connectivity index (χ1n) is 20.8. The molecule has 1 aromatic carbocycles. The summed E-state index contributed by atoms with van der Waals surface area (Å²) in [5.74, 6) is -165. The van der Waals surface area contributed by atoms with Gasteiger partial charge in [0, 0.05) is 23.8 Å². The van der Waals surface area contributed by atoms with Crippen LogP contribution in [-0.2, 0) is 0 Å². The van der Waals surface area contributed by atoms with Gasteiger partial charge >= 0.3 is 119 Å². The normalized spacial score (nSPS) is 18.0. The highest BCUT2D eigenvalue weighted by Crippen LogP contribution is 2.69. The van der Waals surface area contributed by atoms with Crippen molar-refractivity contribution in [2.75, 3.05) is 13.1 Å². The van der Waals surface area contributed by atoms with E-state index < -0.39 is 168 Å². The second kappa shape index (κ2) is 20.7. The highest BCUT2D eigenvalue weighted by molar-refractivity contribution is 7.80. The van der Waals surface area contributed by atoms with Gasteiger partial charge in [0.15, 0.2) is 0 Å². The van der Waals surface area contributed by atoms with E-state index in [9.17, 15) is 167 Å². The molecule has 0 N–H and O–H groups in total. The molecule has 0 bridgehead atoms. The van der Waals surface area contributed by atoms with Crippen LogP contribution in [0.1, 0.15) is 44.2 Å². The lowest BCUT2D eigenvalue weighted by molar-refractivity contribution is -0.474. The summed E-state index contributed by atoms with van der Waals surface area (Å²) < 4.78 is 589. The molecule has 2 rings (SSSR count). The maximum atomic E-state index is 15.3. The van der Waals surface area contributed by atoms with E-state index in [1.165, 1.54) is 11.8 Å². The molecule has 0 aliphatic carbocycles. The summed E-state index contributed by atoms with van der Waals surface area (Å²) in [5, 5.41) is -1.25. The van der Waals surface area contributed by atoms with Crippen LogP contribution < -0.4 is 5.19 Å². The number of nitrogens with zero attached hydrogens (tertiary/aromatic N) is 1. The van der Waals surface area contributed by atoms with E-state index in [4.69, 9.17) is 0 Å². The zero-order valence-electron chi connectivity index (χ0n) is 38.7. The topological polar surface area (TPSA) is 3.24 Å². The molecule has 1 aliphatic rings. The van der Waals surface area contributed by atoms with Crippen LogP contribution >= 0.6 is 12.6 Å². The molecule has 45 heteroatoms. The van der Waals surface area contributed by atoms with Gasteiger partial charge in [-0.25, -0.2) is 0 Å². The van der Waals surface area contributed by atoms with Crippen molar-refractivity contribution in [3.8, 4) is 0 Å². The Morgan fingerprint density at radius 1 is 0.366 bits per heavy atom. The molecule has 0 aromatic heterocycles. The van der Waals surface area contributed by atoms with E-state index in [2.05, 4.69) is 12.6 Å². The van der Waals surface area contributed by atoms with Gasteiger partial charge in [-0.1, -0.05) is 23.9 Å². The third-order valence-electron chi connectivity index (χ3n) is 13.0. The van der Waals surface area contributed by atoms with Gasteiger partial charge in [-0.3, -0.25) is 4.90 Å². The smallest absolute Gasteiger partial charge is 0.297 e. The summed E-state index contributed by atoms with van der Waals surface area (Å²) in [6, 6.07) is -5.11. The van der Waals surface area contributed by atoms with Gasteiger partial charge in [-0.2, -0.15) is 184 Å². The highest BCUT2D eigenvalue weighted by atomic mass is 32.1. The summed E-state index contributed by atoms with van der Waals surface area (Å²) >= 11 is 3.88. The van der Waals surface area contributed by atoms with Crippen LogP contribution in [0.5, 0.6) is 0 Å². The lowest BCUT2D eigenvalue weighted by atomic mass is 9.86. The standard InChI is InChI=1S/C37H27F42NSSi/c1-14(80-9-3-4-10-80)16-6-5-15(13-17(16)81)82(2,11-7-18(38,39)20(42,43)22(46,47)24(50,51)26(54,55)28(58,59)30(62,63)32(66,67)34(70,71)36(74,75)76)12-8-19(40,41)21(44,45)23(48,49)25(52,53)27(56,57)29(60,61)31(64,65)33(68,69)35(72,73)37(77,78)79/h5-6,13-14,81H,3-4,7-12H2,1-2H3/t14-/m1/s1. The SMILES string of the molecule is C[C@H](c1ccc([Si](C)(CCC(F)(F)C(F)(F)C(F)(F)C(F)(F)C(F)(F)C(F)(F)C(F)(F)C(F)(F)C(F)(F)C(F)(F)F)CCC(F)(F)C(F)(F)C(F)(F)C(F)(F)C(F)(F)C(F)(F)C(F)(F)C(F)(F)C(F)(F)C(F)(F)F)cc1S)N1CCCC1. The van der Waals surface area contributed by atoms with Crippen LogP contribution in [0.4, 0.5) is 184 Å². The van der Waals surface area contributed by atoms with Gasteiger partial charge in [0.2, 0.25) is 0 Å². The van der Waals surface area contributed by atoms with Crippen molar-refractivity contribution < 1.29 is 184 Å². The zero-order valence-corrected chi connectivity index (χ0v) is 40.6. The van der Waals surface area contributed by atoms with Gasteiger partial charge in [0.25, 0.3) is 0 Å². The van der Waals surface area contributed by atoms with E-state index >= 15 is 17.6 Å². The fourth-order valence-corrected chi connectivity index (χ4v) is 11.4. The van der Waals surface area contributed by atoms with Crippen molar-refractivity contribution in [2.24, 2.45) is 0 Å². The lowest BCUT2D eigenvalue weighted by Gasteiger charge is -2.45. The van der Waals surface area contributed by atoms with E-state index in [1.807, 2.05) is 0 Å². The molecule has 1 nitrogen and oxygen atoms in total. The Morgan fingerprint density at radius 2 is 0.585 bits per heavy atom. The molecule has 0 spiro atoms. The van der Waals surface area contributed by atoms with E-state index in [1.54, 1.807) is 0 Å².